The summed E-state index contributed by atoms with van der Waals surface area (Å²) in [6.07, 6.45) is 1.04. The number of anilines is 1. The fraction of sp³-hybridized carbons (Fsp3) is 0.286. The molecule has 0 radical (unpaired) electrons. The van der Waals surface area contributed by atoms with Gasteiger partial charge >= 0.3 is 6.03 Å². The lowest BCUT2D eigenvalue weighted by molar-refractivity contribution is -0.133. The number of rotatable bonds is 6. The predicted molar refractivity (Wildman–Crippen MR) is 103 cm³/mol. The van der Waals surface area contributed by atoms with Crippen molar-refractivity contribution < 1.29 is 18.8 Å². The molecule has 1 heterocycles. The first kappa shape index (κ1) is 19.5. The number of carbonyl (C=O) groups is 3. The van der Waals surface area contributed by atoms with Crippen LogP contribution in [0.25, 0.3) is 0 Å². The Balaban J connectivity index is 1.62. The van der Waals surface area contributed by atoms with Gasteiger partial charge in [-0.1, -0.05) is 36.4 Å². The molecule has 7 heteroatoms. The molecule has 2 aromatic rings. The fourth-order valence-corrected chi connectivity index (χ4v) is 3.11. The molecule has 0 saturated carbocycles. The predicted octanol–water partition coefficient (Wildman–Crippen LogP) is 3.02. The highest BCUT2D eigenvalue weighted by molar-refractivity contribution is 6.09. The highest BCUT2D eigenvalue weighted by atomic mass is 19.1. The van der Waals surface area contributed by atoms with Gasteiger partial charge in [-0.15, -0.1) is 0 Å². The van der Waals surface area contributed by atoms with Crippen LogP contribution in [0, 0.1) is 12.7 Å². The van der Waals surface area contributed by atoms with Gasteiger partial charge in [-0.25, -0.2) is 9.18 Å². The van der Waals surface area contributed by atoms with Gasteiger partial charge in [0.1, 0.15) is 17.9 Å². The second-order valence-electron chi connectivity index (χ2n) is 7.15. The highest BCUT2D eigenvalue weighted by Gasteiger charge is 2.47. The molecule has 1 aliphatic heterocycles. The van der Waals surface area contributed by atoms with Gasteiger partial charge in [0.2, 0.25) is 5.91 Å². The van der Waals surface area contributed by atoms with Crippen LogP contribution in [0.1, 0.15) is 24.5 Å². The third kappa shape index (κ3) is 4.19. The molecule has 146 valence electrons. The van der Waals surface area contributed by atoms with E-state index < -0.39 is 35.7 Å². The summed E-state index contributed by atoms with van der Waals surface area (Å²) < 4.78 is 13.6. The van der Waals surface area contributed by atoms with E-state index in [2.05, 4.69) is 10.6 Å². The summed E-state index contributed by atoms with van der Waals surface area (Å²) in [7, 11) is 0. The van der Waals surface area contributed by atoms with Crippen LogP contribution in [0.5, 0.6) is 0 Å². The van der Waals surface area contributed by atoms with Crippen LogP contribution in [0.4, 0.5) is 14.9 Å². The van der Waals surface area contributed by atoms with E-state index in [0.29, 0.717) is 18.4 Å². The molecule has 1 unspecified atom stereocenters. The number of carbonyl (C=O) groups excluding carboxylic acids is 3. The summed E-state index contributed by atoms with van der Waals surface area (Å²) in [6.45, 7) is 2.84. The first-order valence-corrected chi connectivity index (χ1v) is 9.02. The summed E-state index contributed by atoms with van der Waals surface area (Å²) >= 11 is 0. The quantitative estimate of drug-likeness (QED) is 0.753. The average Bonchev–Trinajstić information content (AvgIpc) is 2.87. The Labute approximate surface area is 162 Å². The highest BCUT2D eigenvalue weighted by Crippen LogP contribution is 2.23. The van der Waals surface area contributed by atoms with Crippen molar-refractivity contribution in [1.29, 1.82) is 0 Å². The molecule has 6 nitrogen and oxygen atoms in total. The molecular formula is C21H22FN3O3. The summed E-state index contributed by atoms with van der Waals surface area (Å²) in [6, 6.07) is 13.3. The van der Waals surface area contributed by atoms with Crippen LogP contribution in [0.15, 0.2) is 48.5 Å². The summed E-state index contributed by atoms with van der Waals surface area (Å²) in [5.41, 5.74) is 0.722. The maximum atomic E-state index is 13.6. The largest absolute Gasteiger partial charge is 0.325 e. The van der Waals surface area contributed by atoms with Gasteiger partial charge < -0.3 is 10.6 Å². The monoisotopic (exact) mass is 383 g/mol. The van der Waals surface area contributed by atoms with Gasteiger partial charge in [0.05, 0.1) is 0 Å². The molecule has 0 aromatic heterocycles. The number of imide groups is 1. The van der Waals surface area contributed by atoms with Crippen molar-refractivity contribution in [2.24, 2.45) is 0 Å². The molecule has 0 aliphatic carbocycles. The van der Waals surface area contributed by atoms with Crippen molar-refractivity contribution in [2.75, 3.05) is 11.9 Å². The molecule has 0 spiro atoms. The topological polar surface area (TPSA) is 78.5 Å². The Morgan fingerprint density at radius 1 is 1.18 bits per heavy atom. The van der Waals surface area contributed by atoms with Crippen molar-refractivity contribution in [3.63, 3.8) is 0 Å². The second kappa shape index (κ2) is 7.80. The molecule has 1 atom stereocenters. The van der Waals surface area contributed by atoms with E-state index in [0.717, 1.165) is 10.5 Å². The van der Waals surface area contributed by atoms with Gasteiger partial charge in [-0.2, -0.15) is 0 Å². The Hall–Kier alpha value is -3.22. The third-order valence-corrected chi connectivity index (χ3v) is 4.86. The van der Waals surface area contributed by atoms with E-state index in [1.165, 1.54) is 6.07 Å². The zero-order valence-electron chi connectivity index (χ0n) is 15.8. The van der Waals surface area contributed by atoms with Crippen molar-refractivity contribution in [1.82, 2.24) is 10.2 Å². The molecule has 2 aromatic carbocycles. The number of hydrogen-bond donors (Lipinski definition) is 2. The molecule has 4 amide bonds. The maximum Gasteiger partial charge on any atom is 0.325 e. The van der Waals surface area contributed by atoms with Crippen molar-refractivity contribution in [2.45, 2.75) is 32.2 Å². The smallest absolute Gasteiger partial charge is 0.324 e. The van der Waals surface area contributed by atoms with E-state index in [1.54, 1.807) is 26.0 Å². The van der Waals surface area contributed by atoms with E-state index in [-0.39, 0.29) is 5.69 Å². The number of halogens is 1. The lowest BCUT2D eigenvalue weighted by Crippen LogP contribution is -2.45. The third-order valence-electron chi connectivity index (χ3n) is 4.86. The van der Waals surface area contributed by atoms with Gasteiger partial charge in [0, 0.05) is 5.69 Å². The first-order chi connectivity index (χ1) is 13.3. The van der Waals surface area contributed by atoms with Gasteiger partial charge in [0.15, 0.2) is 0 Å². The Morgan fingerprint density at radius 3 is 2.57 bits per heavy atom. The zero-order chi connectivity index (χ0) is 20.3. The number of nitrogens with zero attached hydrogens (tertiary/aromatic N) is 1. The van der Waals surface area contributed by atoms with Crippen LogP contribution in [0.2, 0.25) is 0 Å². The lowest BCUT2D eigenvalue weighted by Gasteiger charge is -2.21. The minimum atomic E-state index is -1.07. The first-order valence-electron chi connectivity index (χ1n) is 9.02. The molecule has 3 rings (SSSR count). The van der Waals surface area contributed by atoms with E-state index >= 15 is 0 Å². The molecule has 28 heavy (non-hydrogen) atoms. The van der Waals surface area contributed by atoms with Crippen molar-refractivity contribution in [3.05, 3.63) is 65.5 Å². The number of nitrogens with one attached hydrogen (secondary N) is 2. The molecule has 1 fully saturated rings. The number of benzene rings is 2. The van der Waals surface area contributed by atoms with Crippen LogP contribution in [-0.2, 0) is 16.0 Å². The van der Waals surface area contributed by atoms with Crippen LogP contribution in [-0.4, -0.2) is 34.8 Å². The molecule has 2 N–H and O–H groups in total. The van der Waals surface area contributed by atoms with Crippen LogP contribution < -0.4 is 10.6 Å². The van der Waals surface area contributed by atoms with E-state index in [9.17, 15) is 18.8 Å². The van der Waals surface area contributed by atoms with Gasteiger partial charge in [-0.3, -0.25) is 14.5 Å². The van der Waals surface area contributed by atoms with Gasteiger partial charge in [-0.05, 0) is 49.9 Å². The summed E-state index contributed by atoms with van der Waals surface area (Å²) in [4.78, 5) is 38.1. The Bertz CT molecular complexity index is 916. The number of amides is 4. The molecule has 0 bridgehead atoms. The molecule has 1 saturated heterocycles. The SMILES string of the molecule is Cc1ccc(NC(=O)CN2C(=O)NC(C)(CCc3ccccc3)C2=O)cc1F. The second-order valence-corrected chi connectivity index (χ2v) is 7.15. The lowest BCUT2D eigenvalue weighted by atomic mass is 9.93. The Morgan fingerprint density at radius 2 is 1.89 bits per heavy atom. The summed E-state index contributed by atoms with van der Waals surface area (Å²) in [5.74, 6) is -1.46. The maximum absolute atomic E-state index is 13.6. The van der Waals surface area contributed by atoms with Crippen molar-refractivity contribution in [3.8, 4) is 0 Å². The molecule has 1 aliphatic rings. The molecular weight excluding hydrogens is 361 g/mol. The average molecular weight is 383 g/mol. The number of urea groups is 1. The minimum Gasteiger partial charge on any atom is -0.324 e. The van der Waals surface area contributed by atoms with E-state index in [1.807, 2.05) is 30.3 Å². The standard InChI is InChI=1S/C21H22FN3O3/c1-14-8-9-16(12-17(14)22)23-18(26)13-25-19(27)21(2,24-20(25)28)11-10-15-6-4-3-5-7-15/h3-9,12H,10-11,13H2,1-2H3,(H,23,26)(H,24,28). The minimum absolute atomic E-state index is 0.270. The fourth-order valence-electron chi connectivity index (χ4n) is 3.11. The van der Waals surface area contributed by atoms with Gasteiger partial charge in [0.25, 0.3) is 5.91 Å². The number of hydrogen-bond acceptors (Lipinski definition) is 3. The van der Waals surface area contributed by atoms with Crippen LogP contribution >= 0.6 is 0 Å². The zero-order valence-corrected chi connectivity index (χ0v) is 15.8. The Kier molecular flexibility index (Phi) is 5.44. The van der Waals surface area contributed by atoms with E-state index in [4.69, 9.17) is 0 Å². The summed E-state index contributed by atoms with van der Waals surface area (Å²) in [5, 5.41) is 5.19. The van der Waals surface area contributed by atoms with Crippen LogP contribution in [0.3, 0.4) is 0 Å². The number of aryl methyl sites for hydroxylation is 2. The normalized spacial score (nSPS) is 18.9. The van der Waals surface area contributed by atoms with Crippen molar-refractivity contribution >= 4 is 23.5 Å².